The number of amides is 1. The Bertz CT molecular complexity index is 1060. The summed E-state index contributed by atoms with van der Waals surface area (Å²) in [5.74, 6) is -0.934. The number of benzene rings is 2. The van der Waals surface area contributed by atoms with Gasteiger partial charge >= 0.3 is 12.1 Å². The second-order valence-corrected chi connectivity index (χ2v) is 6.68. The van der Waals surface area contributed by atoms with Gasteiger partial charge in [-0.3, -0.25) is 9.79 Å². The van der Waals surface area contributed by atoms with E-state index in [-0.39, 0.29) is 30.0 Å². The minimum absolute atomic E-state index is 0.0197. The summed E-state index contributed by atoms with van der Waals surface area (Å²) in [6.07, 6.45) is -1.75. The number of aliphatic imine (C=N–C) groups is 1. The summed E-state index contributed by atoms with van der Waals surface area (Å²) >= 11 is 0. The first-order chi connectivity index (χ1) is 14.2. The van der Waals surface area contributed by atoms with Gasteiger partial charge in [-0.15, -0.1) is 0 Å². The Labute approximate surface area is 171 Å². The van der Waals surface area contributed by atoms with Crippen molar-refractivity contribution < 1.29 is 27.5 Å². The van der Waals surface area contributed by atoms with Gasteiger partial charge in [0.25, 0.3) is 0 Å². The van der Waals surface area contributed by atoms with Gasteiger partial charge in [-0.2, -0.15) is 13.2 Å². The van der Waals surface area contributed by atoms with Crippen molar-refractivity contribution in [1.82, 2.24) is 0 Å². The first-order valence-electron chi connectivity index (χ1n) is 9.22. The van der Waals surface area contributed by atoms with Crippen LogP contribution < -0.4 is 5.32 Å². The molecule has 1 N–H and O–H groups in total. The Balaban J connectivity index is 1.99. The maximum Gasteiger partial charge on any atom is 0.416 e. The lowest BCUT2D eigenvalue weighted by Crippen LogP contribution is -2.15. The molecule has 0 fully saturated rings. The summed E-state index contributed by atoms with van der Waals surface area (Å²) < 4.78 is 44.4. The van der Waals surface area contributed by atoms with Crippen molar-refractivity contribution in [2.24, 2.45) is 4.99 Å². The number of anilines is 1. The predicted molar refractivity (Wildman–Crippen MR) is 108 cm³/mol. The van der Waals surface area contributed by atoms with Crippen LogP contribution >= 0.6 is 0 Å². The molecule has 1 aliphatic rings. The fraction of sp³-hybridized carbons (Fsp3) is 0.227. The van der Waals surface area contributed by atoms with Crippen LogP contribution in [0.3, 0.4) is 0 Å². The number of carbonyl (C=O) groups excluding carboxylic acids is 2. The lowest BCUT2D eigenvalue weighted by molar-refractivity contribution is -0.138. The molecule has 0 saturated carbocycles. The molecule has 0 aromatic heterocycles. The molecule has 1 heterocycles. The van der Waals surface area contributed by atoms with Crippen molar-refractivity contribution in [2.45, 2.75) is 26.4 Å². The van der Waals surface area contributed by atoms with E-state index in [2.05, 4.69) is 10.3 Å². The molecule has 30 heavy (non-hydrogen) atoms. The molecule has 0 atom stereocenters. The summed E-state index contributed by atoms with van der Waals surface area (Å²) in [6, 6.07) is 9.22. The molecule has 1 aliphatic heterocycles. The summed E-state index contributed by atoms with van der Waals surface area (Å²) in [4.78, 5) is 28.3. The third kappa shape index (κ3) is 4.94. The zero-order valence-electron chi connectivity index (χ0n) is 16.3. The molecular formula is C22H19F3N2O3. The van der Waals surface area contributed by atoms with Crippen molar-refractivity contribution >= 4 is 35.0 Å². The number of halogens is 3. The smallest absolute Gasteiger partial charge is 0.416 e. The Morgan fingerprint density at radius 1 is 1.27 bits per heavy atom. The van der Waals surface area contributed by atoms with Crippen LogP contribution in [0.1, 0.15) is 35.6 Å². The number of alkyl halides is 3. The largest absolute Gasteiger partial charge is 0.463 e. The number of hydrogen-bond donors (Lipinski definition) is 1. The molecule has 0 aliphatic carbocycles. The third-order valence-electron chi connectivity index (χ3n) is 4.42. The van der Waals surface area contributed by atoms with Crippen LogP contribution in [0.5, 0.6) is 0 Å². The van der Waals surface area contributed by atoms with Crippen molar-refractivity contribution in [1.29, 1.82) is 0 Å². The number of aryl methyl sites for hydroxylation is 1. The van der Waals surface area contributed by atoms with Gasteiger partial charge in [0.15, 0.2) is 0 Å². The molecular weight excluding hydrogens is 397 g/mol. The highest BCUT2D eigenvalue weighted by Crippen LogP contribution is 2.39. The summed E-state index contributed by atoms with van der Waals surface area (Å²) in [5, 5.41) is 2.50. The van der Waals surface area contributed by atoms with E-state index < -0.39 is 23.6 Å². The van der Waals surface area contributed by atoms with Crippen molar-refractivity contribution in [2.75, 3.05) is 11.9 Å². The fourth-order valence-electron chi connectivity index (χ4n) is 3.07. The number of fused-ring (bicyclic) bond motifs is 1. The van der Waals surface area contributed by atoms with Gasteiger partial charge in [0.1, 0.15) is 0 Å². The number of nitrogens with one attached hydrogen (secondary N) is 1. The van der Waals surface area contributed by atoms with Gasteiger partial charge in [-0.1, -0.05) is 18.2 Å². The minimum Gasteiger partial charge on any atom is -0.463 e. The van der Waals surface area contributed by atoms with Gasteiger partial charge in [0.2, 0.25) is 5.91 Å². The molecule has 0 saturated heterocycles. The molecule has 0 spiro atoms. The molecule has 156 valence electrons. The van der Waals surface area contributed by atoms with E-state index >= 15 is 0 Å². The van der Waals surface area contributed by atoms with Crippen LogP contribution in [-0.2, 0) is 20.5 Å². The SMILES string of the molecule is CCOC(=O)/C=C/c1cccc(C2=Nc3cc(C)c(C(F)(F)F)cc3NC(=O)C2)c1. The molecule has 5 nitrogen and oxygen atoms in total. The normalized spacial score (nSPS) is 14.0. The first kappa shape index (κ1) is 21.3. The summed E-state index contributed by atoms with van der Waals surface area (Å²) in [6.45, 7) is 3.33. The maximum atomic E-state index is 13.2. The quantitative estimate of drug-likeness (QED) is 0.560. The highest BCUT2D eigenvalue weighted by molar-refractivity contribution is 6.17. The third-order valence-corrected chi connectivity index (χ3v) is 4.42. The number of nitrogens with zero attached hydrogens (tertiary/aromatic N) is 1. The number of ether oxygens (including phenoxy) is 1. The molecule has 2 aromatic rings. The molecule has 8 heteroatoms. The topological polar surface area (TPSA) is 67.8 Å². The molecule has 0 bridgehead atoms. The maximum absolute atomic E-state index is 13.2. The van der Waals surface area contributed by atoms with E-state index in [1.807, 2.05) is 0 Å². The van der Waals surface area contributed by atoms with Crippen LogP contribution in [0.15, 0.2) is 47.5 Å². The fourth-order valence-corrected chi connectivity index (χ4v) is 3.07. The van der Waals surface area contributed by atoms with Crippen molar-refractivity contribution in [3.05, 3.63) is 64.7 Å². The second kappa shape index (κ2) is 8.52. The Morgan fingerprint density at radius 3 is 2.73 bits per heavy atom. The number of esters is 1. The zero-order chi connectivity index (χ0) is 21.9. The number of carbonyl (C=O) groups is 2. The predicted octanol–water partition coefficient (Wildman–Crippen LogP) is 5.05. The van der Waals surface area contributed by atoms with Gasteiger partial charge in [0.05, 0.1) is 35.7 Å². The highest BCUT2D eigenvalue weighted by Gasteiger charge is 2.34. The summed E-state index contributed by atoms with van der Waals surface area (Å²) in [7, 11) is 0. The average molecular weight is 416 g/mol. The molecule has 3 rings (SSSR count). The van der Waals surface area contributed by atoms with E-state index in [0.717, 1.165) is 6.07 Å². The number of rotatable bonds is 4. The van der Waals surface area contributed by atoms with E-state index in [4.69, 9.17) is 4.74 Å². The van der Waals surface area contributed by atoms with Crippen LogP contribution in [-0.4, -0.2) is 24.2 Å². The van der Waals surface area contributed by atoms with Gasteiger partial charge in [-0.25, -0.2) is 4.79 Å². The lowest BCUT2D eigenvalue weighted by Gasteiger charge is -2.13. The number of hydrogen-bond acceptors (Lipinski definition) is 4. The van der Waals surface area contributed by atoms with E-state index in [1.165, 1.54) is 19.1 Å². The standard InChI is InChI=1S/C22H19F3N2O3/c1-3-30-21(29)8-7-14-5-4-6-15(10-14)17-12-20(28)27-19-11-16(22(23,24)25)13(2)9-18(19)26-17/h4-11H,3,12H2,1-2H3,(H,27,28)/b8-7+. The molecule has 1 amide bonds. The molecule has 2 aromatic carbocycles. The zero-order valence-corrected chi connectivity index (χ0v) is 16.3. The van der Waals surface area contributed by atoms with E-state index in [9.17, 15) is 22.8 Å². The monoisotopic (exact) mass is 416 g/mol. The average Bonchev–Trinajstić information content (AvgIpc) is 2.83. The van der Waals surface area contributed by atoms with Crippen molar-refractivity contribution in [3.8, 4) is 0 Å². The Hall–Kier alpha value is -3.42. The van der Waals surface area contributed by atoms with Crippen molar-refractivity contribution in [3.63, 3.8) is 0 Å². The first-order valence-corrected chi connectivity index (χ1v) is 9.22. The Kier molecular flexibility index (Phi) is 6.05. The molecule has 0 radical (unpaired) electrons. The van der Waals surface area contributed by atoms with Gasteiger partial charge in [-0.05, 0) is 54.8 Å². The second-order valence-electron chi connectivity index (χ2n) is 6.68. The Morgan fingerprint density at radius 2 is 2.03 bits per heavy atom. The van der Waals surface area contributed by atoms with Crippen LogP contribution in [0.2, 0.25) is 0 Å². The minimum atomic E-state index is -4.53. The van der Waals surface area contributed by atoms with Crippen LogP contribution in [0.25, 0.3) is 6.08 Å². The van der Waals surface area contributed by atoms with E-state index in [1.54, 1.807) is 37.3 Å². The summed E-state index contributed by atoms with van der Waals surface area (Å²) in [5.41, 5.74) is 1.22. The lowest BCUT2D eigenvalue weighted by atomic mass is 10.0. The van der Waals surface area contributed by atoms with Gasteiger partial charge < -0.3 is 10.1 Å². The van der Waals surface area contributed by atoms with Crippen LogP contribution in [0, 0.1) is 6.92 Å². The highest BCUT2D eigenvalue weighted by atomic mass is 19.4. The molecule has 0 unspecified atom stereocenters. The van der Waals surface area contributed by atoms with E-state index in [0.29, 0.717) is 16.8 Å². The van der Waals surface area contributed by atoms with Crippen LogP contribution in [0.4, 0.5) is 24.5 Å². The van der Waals surface area contributed by atoms with Gasteiger partial charge in [0, 0.05) is 6.08 Å².